The molecule has 0 saturated carbocycles. The lowest BCUT2D eigenvalue weighted by molar-refractivity contribution is -0.131. The number of methoxy groups -OCH3 is 1. The lowest BCUT2D eigenvalue weighted by Gasteiger charge is -2.23. The summed E-state index contributed by atoms with van der Waals surface area (Å²) in [4.78, 5) is 25.8. The van der Waals surface area contributed by atoms with Gasteiger partial charge in [-0.15, -0.1) is 0 Å². The third-order valence-corrected chi connectivity index (χ3v) is 3.83. The second-order valence-electron chi connectivity index (χ2n) is 5.34. The molecule has 0 aliphatic carbocycles. The minimum Gasteiger partial charge on any atom is -0.496 e. The van der Waals surface area contributed by atoms with Crippen molar-refractivity contribution in [2.24, 2.45) is 5.73 Å². The first-order valence-electron chi connectivity index (χ1n) is 6.93. The summed E-state index contributed by atoms with van der Waals surface area (Å²) in [6, 6.07) is 5.10. The first-order chi connectivity index (χ1) is 9.93. The molecule has 0 aromatic heterocycles. The fourth-order valence-electron chi connectivity index (χ4n) is 2.53. The molecule has 1 aliphatic heterocycles. The molecule has 0 radical (unpaired) electrons. The average molecular weight is 291 g/mol. The Hall–Kier alpha value is -2.08. The summed E-state index contributed by atoms with van der Waals surface area (Å²) >= 11 is 0. The number of hydrogen-bond donors (Lipinski definition) is 2. The molecule has 0 spiro atoms. The second-order valence-corrected chi connectivity index (χ2v) is 5.34. The molecule has 1 unspecified atom stereocenters. The Morgan fingerprint density at radius 3 is 2.67 bits per heavy atom. The summed E-state index contributed by atoms with van der Waals surface area (Å²) in [6.07, 6.45) is 0.594. The molecule has 1 aromatic rings. The molecule has 1 fully saturated rings. The Morgan fingerprint density at radius 1 is 1.38 bits per heavy atom. The van der Waals surface area contributed by atoms with Crippen LogP contribution in [0.25, 0.3) is 0 Å². The van der Waals surface area contributed by atoms with Gasteiger partial charge in [0, 0.05) is 6.54 Å². The molecule has 1 saturated heterocycles. The highest BCUT2D eigenvalue weighted by Crippen LogP contribution is 2.31. The summed E-state index contributed by atoms with van der Waals surface area (Å²) in [7, 11) is 1.60. The molecular formula is C15H21N3O3. The van der Waals surface area contributed by atoms with Gasteiger partial charge in [0.1, 0.15) is 11.3 Å². The van der Waals surface area contributed by atoms with Crippen LogP contribution in [0.2, 0.25) is 0 Å². The lowest BCUT2D eigenvalue weighted by atomic mass is 9.90. The third kappa shape index (κ3) is 2.58. The Morgan fingerprint density at radius 2 is 2.10 bits per heavy atom. The van der Waals surface area contributed by atoms with Crippen LogP contribution < -0.4 is 15.8 Å². The number of urea groups is 1. The Labute approximate surface area is 124 Å². The van der Waals surface area contributed by atoms with Crippen molar-refractivity contribution in [2.75, 3.05) is 20.2 Å². The minimum atomic E-state index is -1.04. The smallest absolute Gasteiger partial charge is 0.325 e. The van der Waals surface area contributed by atoms with Crippen LogP contribution in [0.5, 0.6) is 5.75 Å². The number of carbonyl (C=O) groups is 2. The lowest BCUT2D eigenvalue weighted by Crippen LogP contribution is -2.41. The maximum atomic E-state index is 12.6. The van der Waals surface area contributed by atoms with Crippen LogP contribution in [-0.2, 0) is 10.3 Å². The molecule has 1 heterocycles. The van der Waals surface area contributed by atoms with Crippen LogP contribution in [0.1, 0.15) is 24.5 Å². The fraction of sp³-hybridized carbons (Fsp3) is 0.467. The Balaban J connectivity index is 2.32. The van der Waals surface area contributed by atoms with Gasteiger partial charge >= 0.3 is 6.03 Å². The van der Waals surface area contributed by atoms with Gasteiger partial charge in [-0.1, -0.05) is 6.07 Å². The molecule has 0 bridgehead atoms. The molecule has 6 heteroatoms. The number of hydrogen-bond acceptors (Lipinski definition) is 4. The summed E-state index contributed by atoms with van der Waals surface area (Å²) in [5.41, 5.74) is 6.07. The number of carbonyl (C=O) groups excluding carboxylic acids is 2. The summed E-state index contributed by atoms with van der Waals surface area (Å²) in [5, 5.41) is 2.78. The second kappa shape index (κ2) is 5.73. The first kappa shape index (κ1) is 15.3. The zero-order chi connectivity index (χ0) is 15.6. The van der Waals surface area contributed by atoms with E-state index in [1.165, 1.54) is 4.90 Å². The van der Waals surface area contributed by atoms with Gasteiger partial charge in [-0.2, -0.15) is 0 Å². The van der Waals surface area contributed by atoms with E-state index in [2.05, 4.69) is 5.32 Å². The van der Waals surface area contributed by atoms with Crippen LogP contribution in [0.3, 0.4) is 0 Å². The van der Waals surface area contributed by atoms with Gasteiger partial charge in [-0.25, -0.2) is 4.79 Å². The number of rotatable bonds is 5. The van der Waals surface area contributed by atoms with Gasteiger partial charge in [-0.05, 0) is 50.1 Å². The van der Waals surface area contributed by atoms with Crippen LogP contribution in [0, 0.1) is 6.92 Å². The largest absolute Gasteiger partial charge is 0.496 e. The van der Waals surface area contributed by atoms with Crippen LogP contribution in [0.15, 0.2) is 18.2 Å². The normalized spacial score (nSPS) is 21.6. The quantitative estimate of drug-likeness (QED) is 0.796. The number of ether oxygens (including phenoxy) is 1. The molecule has 3 N–H and O–H groups in total. The Bertz CT molecular complexity index is 573. The third-order valence-electron chi connectivity index (χ3n) is 3.83. The number of nitrogens with zero attached hydrogens (tertiary/aromatic N) is 1. The molecule has 1 atom stereocenters. The fourth-order valence-corrected chi connectivity index (χ4v) is 2.53. The molecule has 3 amide bonds. The minimum absolute atomic E-state index is 0.245. The molecule has 1 aromatic carbocycles. The standard InChI is InChI=1S/C15H21N3O3/c1-10-9-11(5-6-12(10)21-3)15(2)13(19)18(8-4-7-16)14(20)17-15/h5-6,9H,4,7-8,16H2,1-3H3,(H,17,20). The van der Waals surface area contributed by atoms with Crippen LogP contribution in [-0.4, -0.2) is 37.0 Å². The van der Waals surface area contributed by atoms with E-state index in [-0.39, 0.29) is 11.9 Å². The summed E-state index contributed by atoms with van der Waals surface area (Å²) in [6.45, 7) is 4.40. The number of aryl methyl sites for hydroxylation is 1. The van der Waals surface area contributed by atoms with Gasteiger partial charge in [0.2, 0.25) is 0 Å². The van der Waals surface area contributed by atoms with Crippen molar-refractivity contribution < 1.29 is 14.3 Å². The monoisotopic (exact) mass is 291 g/mol. The zero-order valence-corrected chi connectivity index (χ0v) is 12.6. The van der Waals surface area contributed by atoms with E-state index in [0.717, 1.165) is 16.9 Å². The van der Waals surface area contributed by atoms with E-state index >= 15 is 0 Å². The van der Waals surface area contributed by atoms with E-state index < -0.39 is 5.54 Å². The number of nitrogens with one attached hydrogen (secondary N) is 1. The van der Waals surface area contributed by atoms with Crippen molar-refractivity contribution in [1.82, 2.24) is 10.2 Å². The zero-order valence-electron chi connectivity index (χ0n) is 12.6. The van der Waals surface area contributed by atoms with Crippen molar-refractivity contribution in [2.45, 2.75) is 25.8 Å². The van der Waals surface area contributed by atoms with Crippen molar-refractivity contribution in [3.8, 4) is 5.75 Å². The topological polar surface area (TPSA) is 84.7 Å². The molecule has 2 rings (SSSR count). The van der Waals surface area contributed by atoms with E-state index in [1.54, 1.807) is 26.2 Å². The predicted molar refractivity (Wildman–Crippen MR) is 79.0 cm³/mol. The number of benzene rings is 1. The van der Waals surface area contributed by atoms with Crippen molar-refractivity contribution >= 4 is 11.9 Å². The number of imide groups is 1. The van der Waals surface area contributed by atoms with Crippen LogP contribution >= 0.6 is 0 Å². The highest BCUT2D eigenvalue weighted by Gasteiger charge is 2.48. The van der Waals surface area contributed by atoms with Crippen molar-refractivity contribution in [3.63, 3.8) is 0 Å². The molecule has 114 valence electrons. The van der Waals surface area contributed by atoms with Crippen molar-refractivity contribution in [3.05, 3.63) is 29.3 Å². The van der Waals surface area contributed by atoms with Gasteiger partial charge < -0.3 is 15.8 Å². The maximum Gasteiger partial charge on any atom is 0.325 e. The molecule has 6 nitrogen and oxygen atoms in total. The van der Waals surface area contributed by atoms with Crippen LogP contribution in [0.4, 0.5) is 4.79 Å². The number of nitrogens with two attached hydrogens (primary N) is 1. The highest BCUT2D eigenvalue weighted by atomic mass is 16.5. The van der Waals surface area contributed by atoms with E-state index in [4.69, 9.17) is 10.5 Å². The van der Waals surface area contributed by atoms with Crippen molar-refractivity contribution in [1.29, 1.82) is 0 Å². The predicted octanol–water partition coefficient (Wildman–Crippen LogP) is 1.12. The van der Waals surface area contributed by atoms with E-state index in [0.29, 0.717) is 19.5 Å². The SMILES string of the molecule is COc1ccc(C2(C)NC(=O)N(CCCN)C2=O)cc1C. The molecular weight excluding hydrogens is 270 g/mol. The number of amides is 3. The molecule has 1 aliphatic rings. The molecule has 21 heavy (non-hydrogen) atoms. The maximum absolute atomic E-state index is 12.6. The highest BCUT2D eigenvalue weighted by molar-refractivity contribution is 6.07. The Kier molecular flexibility index (Phi) is 4.18. The van der Waals surface area contributed by atoms with E-state index in [1.807, 2.05) is 13.0 Å². The van der Waals surface area contributed by atoms with Gasteiger partial charge in [0.15, 0.2) is 0 Å². The van der Waals surface area contributed by atoms with Gasteiger partial charge in [-0.3, -0.25) is 9.69 Å². The van der Waals surface area contributed by atoms with Gasteiger partial charge in [0.05, 0.1) is 7.11 Å². The summed E-state index contributed by atoms with van der Waals surface area (Å²) in [5.74, 6) is 0.504. The van der Waals surface area contributed by atoms with Gasteiger partial charge in [0.25, 0.3) is 5.91 Å². The first-order valence-corrected chi connectivity index (χ1v) is 6.93. The average Bonchev–Trinajstić information content (AvgIpc) is 2.68. The summed E-state index contributed by atoms with van der Waals surface area (Å²) < 4.78 is 5.22. The van der Waals surface area contributed by atoms with E-state index in [9.17, 15) is 9.59 Å².